The maximum absolute atomic E-state index is 13.4. The van der Waals surface area contributed by atoms with Gasteiger partial charge in [0.25, 0.3) is 5.91 Å². The number of hydrogen-bond donors (Lipinski definition) is 1. The first kappa shape index (κ1) is 18.5. The maximum atomic E-state index is 13.4. The van der Waals surface area contributed by atoms with Crippen molar-refractivity contribution in [3.8, 4) is 0 Å². The van der Waals surface area contributed by atoms with Gasteiger partial charge in [-0.3, -0.25) is 9.69 Å². The summed E-state index contributed by atoms with van der Waals surface area (Å²) in [5.74, 6) is 0.612. The molecule has 146 valence electrons. The number of halogens is 1. The van der Waals surface area contributed by atoms with Crippen molar-refractivity contribution in [1.82, 2.24) is 14.8 Å². The van der Waals surface area contributed by atoms with Gasteiger partial charge in [0, 0.05) is 31.0 Å². The molecule has 0 saturated heterocycles. The van der Waals surface area contributed by atoms with Crippen LogP contribution in [0.1, 0.15) is 47.5 Å². The topological polar surface area (TPSA) is 50.4 Å². The highest BCUT2D eigenvalue weighted by Crippen LogP contribution is 2.33. The molecule has 1 aromatic carbocycles. The van der Waals surface area contributed by atoms with Gasteiger partial charge in [0.2, 0.25) is 0 Å². The number of carbonyl (C=O) groups is 1. The van der Waals surface area contributed by atoms with Crippen molar-refractivity contribution in [2.24, 2.45) is 0 Å². The standard InChI is InChI=1S/C22H24FN3O2/c1-15(2)24-22(27)20-10-9-18(28-20)14-26-13-12-25-11-3-4-19(25)21(26)16-5-7-17(23)8-6-16/h3-11,15,21H,12-14H2,1-2H3,(H,24,27)/t21-/m1/s1. The minimum absolute atomic E-state index is 0.00221. The Morgan fingerprint density at radius 1 is 1.18 bits per heavy atom. The van der Waals surface area contributed by atoms with Crippen LogP contribution in [0.3, 0.4) is 0 Å². The van der Waals surface area contributed by atoms with E-state index in [1.807, 2.05) is 38.1 Å². The molecule has 1 atom stereocenters. The van der Waals surface area contributed by atoms with E-state index in [1.165, 1.54) is 17.8 Å². The lowest BCUT2D eigenvalue weighted by Gasteiger charge is -2.36. The highest BCUT2D eigenvalue weighted by Gasteiger charge is 2.29. The highest BCUT2D eigenvalue weighted by atomic mass is 19.1. The van der Waals surface area contributed by atoms with E-state index in [9.17, 15) is 9.18 Å². The number of aromatic nitrogens is 1. The number of rotatable bonds is 5. The van der Waals surface area contributed by atoms with Crippen LogP contribution in [-0.2, 0) is 13.1 Å². The molecule has 5 nitrogen and oxygen atoms in total. The SMILES string of the molecule is CC(C)NC(=O)c1ccc(CN2CCn3cccc3[C@H]2c2ccc(F)cc2)o1. The third-order valence-electron chi connectivity index (χ3n) is 4.99. The Kier molecular flexibility index (Phi) is 5.05. The van der Waals surface area contributed by atoms with Crippen molar-refractivity contribution in [2.75, 3.05) is 6.54 Å². The minimum atomic E-state index is -0.242. The number of furan rings is 1. The fraction of sp³-hybridized carbons (Fsp3) is 0.318. The molecule has 3 aromatic rings. The van der Waals surface area contributed by atoms with Crippen LogP contribution in [0, 0.1) is 5.82 Å². The molecule has 2 aromatic heterocycles. The zero-order valence-corrected chi connectivity index (χ0v) is 16.1. The van der Waals surface area contributed by atoms with E-state index in [2.05, 4.69) is 27.0 Å². The summed E-state index contributed by atoms with van der Waals surface area (Å²) in [5.41, 5.74) is 2.20. The summed E-state index contributed by atoms with van der Waals surface area (Å²) in [7, 11) is 0. The van der Waals surface area contributed by atoms with Gasteiger partial charge in [-0.1, -0.05) is 12.1 Å². The van der Waals surface area contributed by atoms with Crippen molar-refractivity contribution < 1.29 is 13.6 Å². The molecular formula is C22H24FN3O2. The summed E-state index contributed by atoms with van der Waals surface area (Å²) in [5, 5.41) is 2.84. The van der Waals surface area contributed by atoms with Gasteiger partial charge in [-0.25, -0.2) is 4.39 Å². The van der Waals surface area contributed by atoms with Crippen LogP contribution in [0.5, 0.6) is 0 Å². The molecule has 6 heteroatoms. The molecule has 0 unspecified atom stereocenters. The van der Waals surface area contributed by atoms with Crippen LogP contribution in [-0.4, -0.2) is 28.0 Å². The van der Waals surface area contributed by atoms with Crippen molar-refractivity contribution in [3.05, 3.63) is 83.3 Å². The molecule has 1 amide bonds. The number of carbonyl (C=O) groups excluding carboxylic acids is 1. The van der Waals surface area contributed by atoms with Crippen molar-refractivity contribution in [3.63, 3.8) is 0 Å². The van der Waals surface area contributed by atoms with Gasteiger partial charge in [0.15, 0.2) is 5.76 Å². The number of nitrogens with one attached hydrogen (secondary N) is 1. The van der Waals surface area contributed by atoms with Gasteiger partial charge >= 0.3 is 0 Å². The van der Waals surface area contributed by atoms with E-state index in [4.69, 9.17) is 4.42 Å². The second-order valence-electron chi connectivity index (χ2n) is 7.45. The fourth-order valence-electron chi connectivity index (χ4n) is 3.75. The smallest absolute Gasteiger partial charge is 0.287 e. The zero-order valence-electron chi connectivity index (χ0n) is 16.1. The monoisotopic (exact) mass is 381 g/mol. The maximum Gasteiger partial charge on any atom is 0.287 e. The lowest BCUT2D eigenvalue weighted by Crippen LogP contribution is -2.37. The molecule has 0 fully saturated rings. The Bertz CT molecular complexity index is 958. The Morgan fingerprint density at radius 2 is 1.96 bits per heavy atom. The first-order valence-corrected chi connectivity index (χ1v) is 9.55. The molecule has 1 N–H and O–H groups in total. The summed E-state index contributed by atoms with van der Waals surface area (Å²) >= 11 is 0. The summed E-state index contributed by atoms with van der Waals surface area (Å²) in [6.45, 7) is 6.11. The van der Waals surface area contributed by atoms with E-state index in [0.717, 1.165) is 24.4 Å². The molecule has 3 heterocycles. The van der Waals surface area contributed by atoms with Gasteiger partial charge in [-0.05, 0) is 55.8 Å². The third kappa shape index (κ3) is 3.73. The molecule has 4 rings (SSSR count). The predicted octanol–water partition coefficient (Wildman–Crippen LogP) is 3.96. The molecule has 0 aliphatic carbocycles. The molecule has 0 radical (unpaired) electrons. The van der Waals surface area contributed by atoms with Crippen molar-refractivity contribution in [1.29, 1.82) is 0 Å². The number of hydrogen-bond acceptors (Lipinski definition) is 3. The van der Waals surface area contributed by atoms with E-state index >= 15 is 0 Å². The quantitative estimate of drug-likeness (QED) is 0.728. The largest absolute Gasteiger partial charge is 0.455 e. The van der Waals surface area contributed by atoms with Crippen molar-refractivity contribution in [2.45, 2.75) is 39.0 Å². The number of amides is 1. The molecule has 0 spiro atoms. The molecule has 0 bridgehead atoms. The summed E-state index contributed by atoms with van der Waals surface area (Å²) in [6, 6.07) is 14.4. The Morgan fingerprint density at radius 3 is 2.71 bits per heavy atom. The van der Waals surface area contributed by atoms with Gasteiger partial charge in [0.1, 0.15) is 11.6 Å². The van der Waals surface area contributed by atoms with Crippen LogP contribution in [0.4, 0.5) is 4.39 Å². The fourth-order valence-corrected chi connectivity index (χ4v) is 3.75. The van der Waals surface area contributed by atoms with Gasteiger partial charge in [0.05, 0.1) is 12.6 Å². The number of fused-ring (bicyclic) bond motifs is 1. The lowest BCUT2D eigenvalue weighted by molar-refractivity contribution is 0.0908. The minimum Gasteiger partial charge on any atom is -0.455 e. The predicted molar refractivity (Wildman–Crippen MR) is 104 cm³/mol. The molecule has 0 saturated carbocycles. The van der Waals surface area contributed by atoms with E-state index in [-0.39, 0.29) is 23.8 Å². The van der Waals surface area contributed by atoms with E-state index in [1.54, 1.807) is 6.07 Å². The van der Waals surface area contributed by atoms with Gasteiger partial charge in [-0.2, -0.15) is 0 Å². The Balaban J connectivity index is 1.59. The Hall–Kier alpha value is -2.86. The summed E-state index contributed by atoms with van der Waals surface area (Å²) in [6.07, 6.45) is 2.07. The molecule has 28 heavy (non-hydrogen) atoms. The third-order valence-corrected chi connectivity index (χ3v) is 4.99. The summed E-state index contributed by atoms with van der Waals surface area (Å²) < 4.78 is 21.5. The second kappa shape index (κ2) is 7.64. The van der Waals surface area contributed by atoms with Crippen LogP contribution in [0.2, 0.25) is 0 Å². The van der Waals surface area contributed by atoms with E-state index in [0.29, 0.717) is 12.3 Å². The lowest BCUT2D eigenvalue weighted by atomic mass is 9.99. The summed E-state index contributed by atoms with van der Waals surface area (Å²) in [4.78, 5) is 14.4. The van der Waals surface area contributed by atoms with Crippen LogP contribution >= 0.6 is 0 Å². The molecule has 1 aliphatic rings. The Labute approximate surface area is 163 Å². The molecular weight excluding hydrogens is 357 g/mol. The van der Waals surface area contributed by atoms with Crippen molar-refractivity contribution >= 4 is 5.91 Å². The van der Waals surface area contributed by atoms with Crippen LogP contribution in [0.15, 0.2) is 59.1 Å². The number of benzene rings is 1. The van der Waals surface area contributed by atoms with E-state index < -0.39 is 0 Å². The first-order valence-electron chi connectivity index (χ1n) is 9.55. The molecule has 1 aliphatic heterocycles. The highest BCUT2D eigenvalue weighted by molar-refractivity contribution is 5.91. The number of nitrogens with zero attached hydrogens (tertiary/aromatic N) is 2. The van der Waals surface area contributed by atoms with Gasteiger partial charge < -0.3 is 14.3 Å². The van der Waals surface area contributed by atoms with Crippen LogP contribution < -0.4 is 5.32 Å². The van der Waals surface area contributed by atoms with Crippen LogP contribution in [0.25, 0.3) is 0 Å². The van der Waals surface area contributed by atoms with Gasteiger partial charge in [-0.15, -0.1) is 0 Å². The first-order chi connectivity index (χ1) is 13.5. The normalized spacial score (nSPS) is 16.9. The second-order valence-corrected chi connectivity index (χ2v) is 7.45. The zero-order chi connectivity index (χ0) is 19.7. The average molecular weight is 381 g/mol. The average Bonchev–Trinajstić information content (AvgIpc) is 3.31.